The Balaban J connectivity index is 1.97. The van der Waals surface area contributed by atoms with Crippen molar-refractivity contribution in [2.75, 3.05) is 18.4 Å². The van der Waals surface area contributed by atoms with Crippen LogP contribution in [0.5, 0.6) is 0 Å². The van der Waals surface area contributed by atoms with Crippen molar-refractivity contribution in [1.82, 2.24) is 4.90 Å². The number of piperidine rings is 1. The molecule has 1 saturated heterocycles. The molecule has 2 aromatic carbocycles. The van der Waals surface area contributed by atoms with E-state index in [1.165, 1.54) is 0 Å². The number of β-amino-alcohol motifs (C(OH)–C–C–N with tert-alkyl or cyclic N) is 1. The molecule has 2 aromatic rings. The number of rotatable bonds is 4. The van der Waals surface area contributed by atoms with Crippen molar-refractivity contribution in [1.29, 1.82) is 0 Å². The SMILES string of the molecule is C=C(C)/C(=C(/C)O)c1ccc2c(c1)C(c1ccccc1)(N1CCCC(O)C1)C(=O)N2. The molecule has 30 heavy (non-hydrogen) atoms. The van der Waals surface area contributed by atoms with E-state index in [1.807, 2.05) is 55.5 Å². The molecule has 0 aliphatic carbocycles. The molecule has 2 unspecified atom stereocenters. The van der Waals surface area contributed by atoms with E-state index < -0.39 is 11.6 Å². The van der Waals surface area contributed by atoms with Crippen molar-refractivity contribution in [2.24, 2.45) is 0 Å². The maximum atomic E-state index is 13.6. The van der Waals surface area contributed by atoms with Crippen LogP contribution in [0.25, 0.3) is 5.57 Å². The quantitative estimate of drug-likeness (QED) is 0.527. The number of benzene rings is 2. The molecule has 1 amide bonds. The first-order valence-corrected chi connectivity index (χ1v) is 10.4. The van der Waals surface area contributed by atoms with Crippen molar-refractivity contribution in [3.05, 3.63) is 83.1 Å². The van der Waals surface area contributed by atoms with Crippen molar-refractivity contribution in [3.8, 4) is 0 Å². The molecule has 156 valence electrons. The lowest BCUT2D eigenvalue weighted by Gasteiger charge is -2.43. The van der Waals surface area contributed by atoms with Gasteiger partial charge in [-0.3, -0.25) is 9.69 Å². The molecule has 2 aliphatic heterocycles. The second-order valence-electron chi connectivity index (χ2n) is 8.27. The highest BCUT2D eigenvalue weighted by Gasteiger charge is 2.53. The maximum absolute atomic E-state index is 13.6. The average Bonchev–Trinajstić information content (AvgIpc) is 3.00. The van der Waals surface area contributed by atoms with Gasteiger partial charge in [-0.05, 0) is 55.5 Å². The lowest BCUT2D eigenvalue weighted by Crippen LogP contribution is -2.56. The highest BCUT2D eigenvalue weighted by Crippen LogP contribution is 2.47. The highest BCUT2D eigenvalue weighted by atomic mass is 16.3. The van der Waals surface area contributed by atoms with E-state index in [0.717, 1.165) is 40.8 Å². The predicted molar refractivity (Wildman–Crippen MR) is 119 cm³/mol. The van der Waals surface area contributed by atoms with Gasteiger partial charge in [-0.15, -0.1) is 0 Å². The lowest BCUT2D eigenvalue weighted by atomic mass is 9.79. The molecule has 2 aliphatic rings. The molecule has 3 N–H and O–H groups in total. The van der Waals surface area contributed by atoms with Crippen LogP contribution in [0.4, 0.5) is 5.69 Å². The highest BCUT2D eigenvalue weighted by molar-refractivity contribution is 6.08. The molecule has 0 radical (unpaired) electrons. The number of carbonyl (C=O) groups excluding carboxylic acids is 1. The number of aliphatic hydroxyl groups is 2. The summed E-state index contributed by atoms with van der Waals surface area (Å²) in [4.78, 5) is 15.7. The molecule has 4 rings (SSSR count). The number of anilines is 1. The van der Waals surface area contributed by atoms with Gasteiger partial charge in [-0.25, -0.2) is 0 Å². The zero-order chi connectivity index (χ0) is 21.5. The molecule has 5 heteroatoms. The number of nitrogens with zero attached hydrogens (tertiary/aromatic N) is 1. The molecule has 2 heterocycles. The molecule has 2 atom stereocenters. The predicted octanol–water partition coefficient (Wildman–Crippen LogP) is 4.20. The summed E-state index contributed by atoms with van der Waals surface area (Å²) in [5.74, 6) is 0.0787. The minimum Gasteiger partial charge on any atom is -0.512 e. The molecule has 1 fully saturated rings. The fourth-order valence-corrected chi connectivity index (χ4v) is 4.93. The van der Waals surface area contributed by atoms with Crippen LogP contribution in [0.1, 0.15) is 43.4 Å². The lowest BCUT2D eigenvalue weighted by molar-refractivity contribution is -0.127. The van der Waals surface area contributed by atoms with E-state index in [2.05, 4.69) is 16.8 Å². The third-order valence-corrected chi connectivity index (χ3v) is 6.13. The van der Waals surface area contributed by atoms with Crippen LogP contribution in [0.3, 0.4) is 0 Å². The number of aliphatic hydroxyl groups excluding tert-OH is 2. The van der Waals surface area contributed by atoms with Crippen LogP contribution < -0.4 is 5.32 Å². The Kier molecular flexibility index (Phi) is 5.26. The number of carbonyl (C=O) groups is 1. The molecular formula is C25H28N2O3. The van der Waals surface area contributed by atoms with Crippen LogP contribution in [0.2, 0.25) is 0 Å². The van der Waals surface area contributed by atoms with Gasteiger partial charge in [0.05, 0.1) is 11.9 Å². The Morgan fingerprint density at radius 1 is 1.20 bits per heavy atom. The van der Waals surface area contributed by atoms with Crippen LogP contribution >= 0.6 is 0 Å². The van der Waals surface area contributed by atoms with Crippen molar-refractivity contribution < 1.29 is 15.0 Å². The van der Waals surface area contributed by atoms with Gasteiger partial charge in [-0.2, -0.15) is 0 Å². The Labute approximate surface area is 177 Å². The Morgan fingerprint density at radius 3 is 2.57 bits per heavy atom. The van der Waals surface area contributed by atoms with Gasteiger partial charge in [0, 0.05) is 29.9 Å². The Hall–Kier alpha value is -2.89. The average molecular weight is 405 g/mol. The van der Waals surface area contributed by atoms with Gasteiger partial charge >= 0.3 is 0 Å². The minimum atomic E-state index is -1.03. The summed E-state index contributed by atoms with van der Waals surface area (Å²) in [6, 6.07) is 15.5. The summed E-state index contributed by atoms with van der Waals surface area (Å²) in [5.41, 5.74) is 3.68. The van der Waals surface area contributed by atoms with E-state index in [-0.39, 0.29) is 11.7 Å². The summed E-state index contributed by atoms with van der Waals surface area (Å²) in [7, 11) is 0. The number of allylic oxidation sites excluding steroid dienone is 3. The molecule has 0 bridgehead atoms. The first-order valence-electron chi connectivity index (χ1n) is 10.4. The van der Waals surface area contributed by atoms with Gasteiger partial charge in [0.25, 0.3) is 5.91 Å². The normalized spacial score (nSPS) is 24.8. The van der Waals surface area contributed by atoms with E-state index in [9.17, 15) is 15.0 Å². The summed E-state index contributed by atoms with van der Waals surface area (Å²) in [6.45, 7) is 8.65. The molecule has 0 spiro atoms. The second kappa shape index (κ2) is 7.74. The van der Waals surface area contributed by atoms with Crippen LogP contribution in [-0.2, 0) is 10.3 Å². The van der Waals surface area contributed by atoms with Gasteiger partial charge in [0.2, 0.25) is 0 Å². The standard InChI is InChI=1S/C25H28N2O3/c1-16(2)23(17(3)28)18-11-12-22-21(14-18)25(24(30)26-22,19-8-5-4-6-9-19)27-13-7-10-20(29)15-27/h4-6,8-9,11-12,14,20,28-29H,1,7,10,13,15H2,2-3H3,(H,26,30)/b23-17+. The molecular weight excluding hydrogens is 376 g/mol. The van der Waals surface area contributed by atoms with E-state index in [0.29, 0.717) is 18.7 Å². The van der Waals surface area contributed by atoms with Crippen molar-refractivity contribution in [3.63, 3.8) is 0 Å². The number of hydrogen-bond acceptors (Lipinski definition) is 4. The van der Waals surface area contributed by atoms with E-state index >= 15 is 0 Å². The number of nitrogens with one attached hydrogen (secondary N) is 1. The molecule has 0 saturated carbocycles. The smallest absolute Gasteiger partial charge is 0.254 e. The summed E-state index contributed by atoms with van der Waals surface area (Å²) < 4.78 is 0. The third kappa shape index (κ3) is 3.15. The number of amides is 1. The zero-order valence-corrected chi connectivity index (χ0v) is 17.5. The summed E-state index contributed by atoms with van der Waals surface area (Å²) in [6.07, 6.45) is 1.09. The largest absolute Gasteiger partial charge is 0.512 e. The van der Waals surface area contributed by atoms with Crippen LogP contribution in [0.15, 0.2) is 66.4 Å². The van der Waals surface area contributed by atoms with Crippen LogP contribution in [0, 0.1) is 0 Å². The van der Waals surface area contributed by atoms with E-state index in [4.69, 9.17) is 0 Å². The fourth-order valence-electron chi connectivity index (χ4n) is 4.93. The number of likely N-dealkylation sites (tertiary alicyclic amines) is 1. The second-order valence-corrected chi connectivity index (χ2v) is 8.27. The number of fused-ring (bicyclic) bond motifs is 1. The first-order chi connectivity index (χ1) is 14.4. The Morgan fingerprint density at radius 2 is 1.93 bits per heavy atom. The summed E-state index contributed by atoms with van der Waals surface area (Å²) in [5, 5.41) is 23.7. The topological polar surface area (TPSA) is 72.8 Å². The minimum absolute atomic E-state index is 0.114. The van der Waals surface area contributed by atoms with Gasteiger partial charge < -0.3 is 15.5 Å². The first kappa shape index (κ1) is 20.4. The van der Waals surface area contributed by atoms with Crippen molar-refractivity contribution in [2.45, 2.75) is 38.3 Å². The monoisotopic (exact) mass is 404 g/mol. The van der Waals surface area contributed by atoms with Gasteiger partial charge in [-0.1, -0.05) is 43.0 Å². The van der Waals surface area contributed by atoms with Crippen molar-refractivity contribution >= 4 is 17.2 Å². The number of hydrogen-bond donors (Lipinski definition) is 3. The van der Waals surface area contributed by atoms with Gasteiger partial charge in [0.15, 0.2) is 5.54 Å². The van der Waals surface area contributed by atoms with Crippen LogP contribution in [-0.4, -0.2) is 40.2 Å². The van der Waals surface area contributed by atoms with E-state index in [1.54, 1.807) is 6.92 Å². The molecule has 5 nitrogen and oxygen atoms in total. The summed E-state index contributed by atoms with van der Waals surface area (Å²) >= 11 is 0. The fraction of sp³-hybridized carbons (Fsp3) is 0.320. The Bertz CT molecular complexity index is 1020. The maximum Gasteiger partial charge on any atom is 0.254 e. The molecule has 0 aromatic heterocycles. The zero-order valence-electron chi connectivity index (χ0n) is 17.5. The third-order valence-electron chi connectivity index (χ3n) is 6.13. The van der Waals surface area contributed by atoms with Gasteiger partial charge in [0.1, 0.15) is 0 Å².